The van der Waals surface area contributed by atoms with Gasteiger partial charge in [0.1, 0.15) is 12.4 Å². The van der Waals surface area contributed by atoms with Crippen LogP contribution in [-0.2, 0) is 4.79 Å². The summed E-state index contributed by atoms with van der Waals surface area (Å²) in [4.78, 5) is 14.1. The van der Waals surface area contributed by atoms with Gasteiger partial charge in [-0.1, -0.05) is 38.0 Å². The minimum Gasteiger partial charge on any atom is -0.492 e. The fraction of sp³-hybridized carbons (Fsp3) is 0.611. The largest absolute Gasteiger partial charge is 0.492 e. The first-order valence-electron chi connectivity index (χ1n) is 8.31. The van der Waals surface area contributed by atoms with E-state index in [1.807, 2.05) is 42.3 Å². The van der Waals surface area contributed by atoms with E-state index in [-0.39, 0.29) is 5.91 Å². The molecule has 1 aliphatic carbocycles. The van der Waals surface area contributed by atoms with Crippen molar-refractivity contribution in [3.63, 3.8) is 0 Å². The molecule has 122 valence electrons. The lowest BCUT2D eigenvalue weighted by atomic mass is 9.86. The summed E-state index contributed by atoms with van der Waals surface area (Å²) in [6.07, 6.45) is 4.87. The quantitative estimate of drug-likeness (QED) is 0.842. The number of ether oxygens (including phenoxy) is 1. The summed E-state index contributed by atoms with van der Waals surface area (Å²) in [6.45, 7) is 4.00. The third-order valence-corrected chi connectivity index (χ3v) is 4.36. The fourth-order valence-corrected chi connectivity index (χ4v) is 2.94. The highest BCUT2D eigenvalue weighted by Gasteiger charge is 2.22. The first-order valence-corrected chi connectivity index (χ1v) is 8.31. The van der Waals surface area contributed by atoms with E-state index in [9.17, 15) is 4.79 Å². The van der Waals surface area contributed by atoms with Gasteiger partial charge in [-0.05, 0) is 37.9 Å². The monoisotopic (exact) mass is 304 g/mol. The molecule has 1 aliphatic rings. The number of carbonyl (C=O) groups excluding carboxylic acids is 1. The Morgan fingerprint density at radius 2 is 2.00 bits per heavy atom. The molecule has 0 aromatic heterocycles. The second kappa shape index (κ2) is 8.79. The van der Waals surface area contributed by atoms with E-state index in [2.05, 4.69) is 12.2 Å². The van der Waals surface area contributed by atoms with Crippen LogP contribution in [0, 0.1) is 5.92 Å². The summed E-state index contributed by atoms with van der Waals surface area (Å²) in [6, 6.07) is 10.1. The smallest absolute Gasteiger partial charge is 0.234 e. The average Bonchev–Trinajstić information content (AvgIpc) is 2.50. The molecule has 1 fully saturated rings. The third-order valence-electron chi connectivity index (χ3n) is 4.36. The molecule has 0 unspecified atom stereocenters. The summed E-state index contributed by atoms with van der Waals surface area (Å²) in [5, 5.41) is 3.19. The van der Waals surface area contributed by atoms with Crippen molar-refractivity contribution in [2.45, 2.75) is 38.6 Å². The van der Waals surface area contributed by atoms with Crippen molar-refractivity contribution in [3.8, 4) is 5.75 Å². The highest BCUT2D eigenvalue weighted by atomic mass is 16.5. The Labute approximate surface area is 133 Å². The molecule has 2 atom stereocenters. The van der Waals surface area contributed by atoms with Crippen LogP contribution < -0.4 is 10.1 Å². The standard InChI is InChI=1S/C18H28N2O2/c1-15-8-6-7-11-17(15)19-18(21)14-20(2)12-13-22-16-9-4-3-5-10-16/h3-5,9-10,15,17H,6-8,11-14H2,1-2H3,(H,19,21)/t15-,17-/m0/s1. The molecule has 1 N–H and O–H groups in total. The van der Waals surface area contributed by atoms with Crippen LogP contribution in [0.5, 0.6) is 5.75 Å². The SMILES string of the molecule is C[C@H]1CCCC[C@@H]1NC(=O)CN(C)CCOc1ccccc1. The second-order valence-corrected chi connectivity index (χ2v) is 6.34. The van der Waals surface area contributed by atoms with Crippen molar-refractivity contribution in [2.75, 3.05) is 26.7 Å². The molecular formula is C18H28N2O2. The Kier molecular flexibility index (Phi) is 6.72. The lowest BCUT2D eigenvalue weighted by Gasteiger charge is -2.30. The minimum absolute atomic E-state index is 0.126. The Morgan fingerprint density at radius 1 is 1.27 bits per heavy atom. The zero-order valence-corrected chi connectivity index (χ0v) is 13.8. The molecule has 0 spiro atoms. The van der Waals surface area contributed by atoms with Gasteiger partial charge in [-0.2, -0.15) is 0 Å². The molecule has 4 nitrogen and oxygen atoms in total. The van der Waals surface area contributed by atoms with E-state index < -0.39 is 0 Å². The fourth-order valence-electron chi connectivity index (χ4n) is 2.94. The molecule has 0 aliphatic heterocycles. The van der Waals surface area contributed by atoms with Crippen LogP contribution in [0.25, 0.3) is 0 Å². The molecule has 1 aromatic rings. The first-order chi connectivity index (χ1) is 10.6. The Balaban J connectivity index is 1.63. The number of hydrogen-bond donors (Lipinski definition) is 1. The van der Waals surface area contributed by atoms with Gasteiger partial charge >= 0.3 is 0 Å². The number of para-hydroxylation sites is 1. The highest BCUT2D eigenvalue weighted by Crippen LogP contribution is 2.23. The van der Waals surface area contributed by atoms with Crippen molar-refractivity contribution in [1.82, 2.24) is 10.2 Å². The Bertz CT molecular complexity index is 450. The molecule has 1 amide bonds. The van der Waals surface area contributed by atoms with Crippen molar-refractivity contribution in [3.05, 3.63) is 30.3 Å². The van der Waals surface area contributed by atoms with Crippen molar-refractivity contribution >= 4 is 5.91 Å². The third kappa shape index (κ3) is 5.68. The normalized spacial score (nSPS) is 21.6. The maximum atomic E-state index is 12.1. The number of carbonyl (C=O) groups is 1. The van der Waals surface area contributed by atoms with Gasteiger partial charge in [0, 0.05) is 12.6 Å². The first kappa shape index (κ1) is 16.8. The average molecular weight is 304 g/mol. The van der Waals surface area contributed by atoms with Crippen LogP contribution in [-0.4, -0.2) is 43.6 Å². The van der Waals surface area contributed by atoms with E-state index in [0.29, 0.717) is 25.1 Å². The summed E-state index contributed by atoms with van der Waals surface area (Å²) >= 11 is 0. The van der Waals surface area contributed by atoms with Gasteiger partial charge in [0.05, 0.1) is 6.54 Å². The van der Waals surface area contributed by atoms with Crippen LogP contribution in [0.4, 0.5) is 0 Å². The number of hydrogen-bond acceptors (Lipinski definition) is 3. The van der Waals surface area contributed by atoms with Crippen molar-refractivity contribution in [1.29, 1.82) is 0 Å². The van der Waals surface area contributed by atoms with E-state index in [1.54, 1.807) is 0 Å². The molecule has 0 bridgehead atoms. The molecule has 0 heterocycles. The number of likely N-dealkylation sites (N-methyl/N-ethyl adjacent to an activating group) is 1. The van der Waals surface area contributed by atoms with E-state index >= 15 is 0 Å². The topological polar surface area (TPSA) is 41.6 Å². The number of benzene rings is 1. The number of rotatable bonds is 7. The van der Waals surface area contributed by atoms with Crippen LogP contribution in [0.3, 0.4) is 0 Å². The predicted molar refractivity (Wildman–Crippen MR) is 89.0 cm³/mol. The van der Waals surface area contributed by atoms with Gasteiger partial charge in [0.15, 0.2) is 0 Å². The molecule has 4 heteroatoms. The lowest BCUT2D eigenvalue weighted by molar-refractivity contribution is -0.123. The van der Waals surface area contributed by atoms with Crippen molar-refractivity contribution in [2.24, 2.45) is 5.92 Å². The van der Waals surface area contributed by atoms with Gasteiger partial charge in [-0.25, -0.2) is 0 Å². The van der Waals surface area contributed by atoms with E-state index in [1.165, 1.54) is 19.3 Å². The summed E-state index contributed by atoms with van der Waals surface area (Å²) in [5.41, 5.74) is 0. The lowest BCUT2D eigenvalue weighted by Crippen LogP contribution is -2.45. The number of nitrogens with one attached hydrogen (secondary N) is 1. The summed E-state index contributed by atoms with van der Waals surface area (Å²) in [5.74, 6) is 1.60. The second-order valence-electron chi connectivity index (χ2n) is 6.34. The Morgan fingerprint density at radius 3 is 2.73 bits per heavy atom. The summed E-state index contributed by atoms with van der Waals surface area (Å²) < 4.78 is 5.65. The van der Waals surface area contributed by atoms with Gasteiger partial charge in [-0.15, -0.1) is 0 Å². The molecule has 0 saturated heterocycles. The Hall–Kier alpha value is -1.55. The van der Waals surface area contributed by atoms with Gasteiger partial charge in [0.25, 0.3) is 0 Å². The van der Waals surface area contributed by atoms with E-state index in [4.69, 9.17) is 4.74 Å². The van der Waals surface area contributed by atoms with E-state index in [0.717, 1.165) is 18.7 Å². The van der Waals surface area contributed by atoms with Crippen molar-refractivity contribution < 1.29 is 9.53 Å². The minimum atomic E-state index is 0.126. The molecule has 1 aromatic carbocycles. The van der Waals surface area contributed by atoms with Crippen LogP contribution >= 0.6 is 0 Å². The molecule has 2 rings (SSSR count). The number of nitrogens with zero attached hydrogens (tertiary/aromatic N) is 1. The molecular weight excluding hydrogens is 276 g/mol. The van der Waals surface area contributed by atoms with Gasteiger partial charge in [0.2, 0.25) is 5.91 Å². The summed E-state index contributed by atoms with van der Waals surface area (Å²) in [7, 11) is 1.96. The number of amides is 1. The zero-order chi connectivity index (χ0) is 15.8. The molecule has 22 heavy (non-hydrogen) atoms. The molecule has 0 radical (unpaired) electrons. The zero-order valence-electron chi connectivity index (χ0n) is 13.8. The van der Waals surface area contributed by atoms with Crippen LogP contribution in [0.2, 0.25) is 0 Å². The maximum Gasteiger partial charge on any atom is 0.234 e. The van der Waals surface area contributed by atoms with Gasteiger partial charge < -0.3 is 10.1 Å². The predicted octanol–water partition coefficient (Wildman–Crippen LogP) is 2.69. The van der Waals surface area contributed by atoms with Crippen LogP contribution in [0.15, 0.2) is 30.3 Å². The van der Waals surface area contributed by atoms with Gasteiger partial charge in [-0.3, -0.25) is 9.69 Å². The molecule has 1 saturated carbocycles. The van der Waals surface area contributed by atoms with Crippen LogP contribution in [0.1, 0.15) is 32.6 Å². The maximum absolute atomic E-state index is 12.1. The highest BCUT2D eigenvalue weighted by molar-refractivity contribution is 5.78.